The van der Waals surface area contributed by atoms with E-state index in [4.69, 9.17) is 4.98 Å². The van der Waals surface area contributed by atoms with E-state index in [1.165, 1.54) is 5.56 Å². The summed E-state index contributed by atoms with van der Waals surface area (Å²) in [6, 6.07) is 28.5. The van der Waals surface area contributed by atoms with Crippen molar-refractivity contribution < 1.29 is 4.79 Å². The SMILES string of the molecule is CCC(=O)c1c(-c2ccccc2)nc2n(Cc3ccccc3)c3ccccc3n12. The van der Waals surface area contributed by atoms with Gasteiger partial charge in [-0.3, -0.25) is 9.20 Å². The highest BCUT2D eigenvalue weighted by atomic mass is 16.1. The van der Waals surface area contributed by atoms with Crippen LogP contribution in [0.15, 0.2) is 84.9 Å². The van der Waals surface area contributed by atoms with Gasteiger partial charge in [0.15, 0.2) is 5.78 Å². The van der Waals surface area contributed by atoms with E-state index in [9.17, 15) is 4.79 Å². The lowest BCUT2D eigenvalue weighted by Crippen LogP contribution is -2.03. The lowest BCUT2D eigenvalue weighted by molar-refractivity contribution is 0.0983. The maximum Gasteiger partial charge on any atom is 0.216 e. The molecule has 4 nitrogen and oxygen atoms in total. The molecule has 0 amide bonds. The maximum absolute atomic E-state index is 13.0. The number of aromatic nitrogens is 3. The molecule has 0 bridgehead atoms. The molecule has 0 aliphatic carbocycles. The highest BCUT2D eigenvalue weighted by Crippen LogP contribution is 2.31. The van der Waals surface area contributed by atoms with E-state index < -0.39 is 0 Å². The van der Waals surface area contributed by atoms with Crippen LogP contribution in [0.2, 0.25) is 0 Å². The number of nitrogens with zero attached hydrogens (tertiary/aromatic N) is 3. The largest absolute Gasteiger partial charge is 0.305 e. The third-order valence-corrected chi connectivity index (χ3v) is 5.33. The van der Waals surface area contributed by atoms with Crippen molar-refractivity contribution in [3.05, 3.63) is 96.2 Å². The number of ketones is 1. The number of rotatable bonds is 5. The van der Waals surface area contributed by atoms with E-state index in [1.807, 2.05) is 72.0 Å². The third kappa shape index (κ3) is 2.85. The molecular weight excluding hydrogens is 358 g/mol. The number of fused-ring (bicyclic) bond motifs is 3. The van der Waals surface area contributed by atoms with Crippen molar-refractivity contribution in [2.45, 2.75) is 19.9 Å². The van der Waals surface area contributed by atoms with Crippen LogP contribution < -0.4 is 0 Å². The van der Waals surface area contributed by atoms with E-state index >= 15 is 0 Å². The Morgan fingerprint density at radius 1 is 0.828 bits per heavy atom. The number of hydrogen-bond donors (Lipinski definition) is 0. The fraction of sp³-hybridized carbons (Fsp3) is 0.120. The van der Waals surface area contributed by atoms with Crippen LogP contribution in [0.5, 0.6) is 0 Å². The van der Waals surface area contributed by atoms with Gasteiger partial charge >= 0.3 is 0 Å². The molecule has 4 heteroatoms. The molecule has 2 aromatic heterocycles. The molecule has 0 aliphatic rings. The molecule has 5 rings (SSSR count). The van der Waals surface area contributed by atoms with Gasteiger partial charge in [-0.15, -0.1) is 0 Å². The smallest absolute Gasteiger partial charge is 0.216 e. The van der Waals surface area contributed by atoms with Gasteiger partial charge in [0.05, 0.1) is 17.6 Å². The molecule has 2 heterocycles. The van der Waals surface area contributed by atoms with Crippen LogP contribution in [0, 0.1) is 0 Å². The normalized spacial score (nSPS) is 11.3. The van der Waals surface area contributed by atoms with Crippen LogP contribution in [-0.4, -0.2) is 19.7 Å². The minimum atomic E-state index is 0.0963. The monoisotopic (exact) mass is 379 g/mol. The predicted octanol–water partition coefficient (Wildman–Crippen LogP) is 5.60. The topological polar surface area (TPSA) is 39.3 Å². The van der Waals surface area contributed by atoms with Crippen molar-refractivity contribution in [1.29, 1.82) is 0 Å². The molecule has 0 N–H and O–H groups in total. The molecule has 0 saturated carbocycles. The third-order valence-electron chi connectivity index (χ3n) is 5.33. The van der Waals surface area contributed by atoms with E-state index in [1.54, 1.807) is 0 Å². The number of para-hydroxylation sites is 2. The molecule has 142 valence electrons. The van der Waals surface area contributed by atoms with Gasteiger partial charge in [-0.05, 0) is 17.7 Å². The van der Waals surface area contributed by atoms with Crippen LogP contribution >= 0.6 is 0 Å². The zero-order valence-corrected chi connectivity index (χ0v) is 16.2. The van der Waals surface area contributed by atoms with Gasteiger partial charge in [-0.25, -0.2) is 4.98 Å². The fourth-order valence-corrected chi connectivity index (χ4v) is 3.95. The van der Waals surface area contributed by atoms with Gasteiger partial charge in [0.1, 0.15) is 11.4 Å². The summed E-state index contributed by atoms with van der Waals surface area (Å²) < 4.78 is 4.23. The van der Waals surface area contributed by atoms with E-state index in [2.05, 4.69) is 28.8 Å². The standard InChI is InChI=1S/C25H21N3O/c1-2-22(29)24-23(19-13-7-4-8-14-19)26-25-27(17-18-11-5-3-6-12-18)20-15-9-10-16-21(20)28(24)25/h3-16H,2,17H2,1H3. The van der Waals surface area contributed by atoms with Gasteiger partial charge in [-0.1, -0.05) is 79.7 Å². The highest BCUT2D eigenvalue weighted by Gasteiger charge is 2.24. The van der Waals surface area contributed by atoms with Crippen molar-refractivity contribution in [3.8, 4) is 11.3 Å². The molecule has 5 aromatic rings. The molecule has 3 aromatic carbocycles. The Labute approximate surface area is 169 Å². The summed E-state index contributed by atoms with van der Waals surface area (Å²) in [5.74, 6) is 0.893. The van der Waals surface area contributed by atoms with Gasteiger partial charge < -0.3 is 4.57 Å². The van der Waals surface area contributed by atoms with Crippen molar-refractivity contribution in [2.24, 2.45) is 0 Å². The fourth-order valence-electron chi connectivity index (χ4n) is 3.95. The molecule has 0 aliphatic heterocycles. The van der Waals surface area contributed by atoms with Gasteiger partial charge in [0.2, 0.25) is 5.78 Å². The number of benzene rings is 3. The minimum Gasteiger partial charge on any atom is -0.305 e. The van der Waals surface area contributed by atoms with E-state index in [0.29, 0.717) is 18.7 Å². The molecular formula is C25H21N3O. The van der Waals surface area contributed by atoms with Gasteiger partial charge in [0, 0.05) is 12.0 Å². The number of carbonyl (C=O) groups excluding carboxylic acids is 1. The quantitative estimate of drug-likeness (QED) is 0.373. The Balaban J connectivity index is 1.85. The molecule has 0 unspecified atom stereocenters. The van der Waals surface area contributed by atoms with Crippen LogP contribution in [0.1, 0.15) is 29.4 Å². The molecule has 0 spiro atoms. The molecule has 0 saturated heterocycles. The first-order chi connectivity index (χ1) is 14.3. The second kappa shape index (κ2) is 7.06. The lowest BCUT2D eigenvalue weighted by Gasteiger charge is -2.05. The summed E-state index contributed by atoms with van der Waals surface area (Å²) in [6.07, 6.45) is 0.436. The maximum atomic E-state index is 13.0. The number of Topliss-reactive ketones (excluding diaryl/α,β-unsaturated/α-hetero) is 1. The first kappa shape index (κ1) is 17.4. The zero-order chi connectivity index (χ0) is 19.8. The van der Waals surface area contributed by atoms with Gasteiger partial charge in [-0.2, -0.15) is 0 Å². The van der Waals surface area contributed by atoms with Crippen LogP contribution in [0.25, 0.3) is 28.1 Å². The summed E-state index contributed by atoms with van der Waals surface area (Å²) in [6.45, 7) is 2.60. The lowest BCUT2D eigenvalue weighted by atomic mass is 10.1. The average molecular weight is 379 g/mol. The van der Waals surface area contributed by atoms with Crippen molar-refractivity contribution >= 4 is 22.6 Å². The first-order valence-electron chi connectivity index (χ1n) is 9.90. The number of carbonyl (C=O) groups is 1. The Hall–Kier alpha value is -3.66. The first-order valence-corrected chi connectivity index (χ1v) is 9.90. The zero-order valence-electron chi connectivity index (χ0n) is 16.2. The van der Waals surface area contributed by atoms with E-state index in [0.717, 1.165) is 28.1 Å². The molecule has 0 radical (unpaired) electrons. The van der Waals surface area contributed by atoms with Gasteiger partial charge in [0.25, 0.3) is 0 Å². The minimum absolute atomic E-state index is 0.0963. The Bertz CT molecular complexity index is 1310. The Morgan fingerprint density at radius 2 is 1.45 bits per heavy atom. The Morgan fingerprint density at radius 3 is 2.14 bits per heavy atom. The summed E-state index contributed by atoms with van der Waals surface area (Å²) in [5, 5.41) is 0. The molecule has 29 heavy (non-hydrogen) atoms. The van der Waals surface area contributed by atoms with E-state index in [-0.39, 0.29) is 5.78 Å². The summed E-state index contributed by atoms with van der Waals surface area (Å²) in [7, 11) is 0. The second-order valence-electron chi connectivity index (χ2n) is 7.15. The summed E-state index contributed by atoms with van der Waals surface area (Å²) in [5.41, 5.74) is 5.65. The summed E-state index contributed by atoms with van der Waals surface area (Å²) in [4.78, 5) is 18.0. The number of imidazole rings is 2. The van der Waals surface area contributed by atoms with Crippen molar-refractivity contribution in [3.63, 3.8) is 0 Å². The van der Waals surface area contributed by atoms with Crippen LogP contribution in [-0.2, 0) is 6.54 Å². The van der Waals surface area contributed by atoms with Crippen LogP contribution in [0.3, 0.4) is 0 Å². The highest BCUT2D eigenvalue weighted by molar-refractivity contribution is 6.03. The van der Waals surface area contributed by atoms with Crippen molar-refractivity contribution in [1.82, 2.24) is 14.0 Å². The summed E-state index contributed by atoms with van der Waals surface area (Å²) >= 11 is 0. The number of hydrogen-bond acceptors (Lipinski definition) is 2. The predicted molar refractivity (Wildman–Crippen MR) is 116 cm³/mol. The van der Waals surface area contributed by atoms with Crippen LogP contribution in [0.4, 0.5) is 0 Å². The Kier molecular flexibility index (Phi) is 4.24. The molecule has 0 atom stereocenters. The second-order valence-corrected chi connectivity index (χ2v) is 7.15. The molecule has 0 fully saturated rings. The van der Waals surface area contributed by atoms with Crippen molar-refractivity contribution in [2.75, 3.05) is 0 Å². The average Bonchev–Trinajstić information content (AvgIpc) is 3.31.